The Kier molecular flexibility index (Phi) is 4.50. The van der Waals surface area contributed by atoms with Crippen molar-refractivity contribution < 1.29 is 5.11 Å². The van der Waals surface area contributed by atoms with Gasteiger partial charge < -0.3 is 5.11 Å². The van der Waals surface area contributed by atoms with Crippen molar-refractivity contribution in [3.05, 3.63) is 51.3 Å². The van der Waals surface area contributed by atoms with Gasteiger partial charge in [0.1, 0.15) is 6.10 Å². The zero-order valence-electron chi connectivity index (χ0n) is 10.9. The minimum Gasteiger partial charge on any atom is -0.382 e. The molecule has 0 aliphatic heterocycles. The molecule has 0 aliphatic rings. The molecule has 0 radical (unpaired) electrons. The van der Waals surface area contributed by atoms with Crippen molar-refractivity contribution >= 4 is 23.2 Å². The van der Waals surface area contributed by atoms with E-state index in [1.165, 1.54) is 0 Å². The fraction of sp³-hybridized carbons (Fsp3) is 0.357. The summed E-state index contributed by atoms with van der Waals surface area (Å²) in [7, 11) is 0. The minimum atomic E-state index is -0.794. The Bertz CT molecular complexity index is 581. The smallest absolute Gasteiger partial charge is 0.122 e. The van der Waals surface area contributed by atoms with E-state index in [0.29, 0.717) is 15.7 Å². The van der Waals surface area contributed by atoms with E-state index in [1.54, 1.807) is 23.0 Å². The average molecular weight is 299 g/mol. The van der Waals surface area contributed by atoms with E-state index in [0.717, 1.165) is 24.1 Å². The topological polar surface area (TPSA) is 38.0 Å². The van der Waals surface area contributed by atoms with E-state index in [1.807, 2.05) is 13.0 Å². The molecule has 1 unspecified atom stereocenters. The second-order valence-electron chi connectivity index (χ2n) is 4.51. The van der Waals surface area contributed by atoms with Gasteiger partial charge in [0.15, 0.2) is 0 Å². The monoisotopic (exact) mass is 298 g/mol. The molecule has 0 saturated carbocycles. The van der Waals surface area contributed by atoms with Gasteiger partial charge in [-0.25, -0.2) is 0 Å². The summed E-state index contributed by atoms with van der Waals surface area (Å²) in [5.74, 6) is 0. The number of aliphatic hydroxyl groups is 1. The Morgan fingerprint density at radius 1 is 1.32 bits per heavy atom. The van der Waals surface area contributed by atoms with Crippen molar-refractivity contribution in [2.24, 2.45) is 0 Å². The van der Waals surface area contributed by atoms with Crippen LogP contribution in [-0.2, 0) is 6.54 Å². The maximum absolute atomic E-state index is 10.5. The van der Waals surface area contributed by atoms with Crippen LogP contribution in [0.5, 0.6) is 0 Å². The summed E-state index contributed by atoms with van der Waals surface area (Å²) in [6.07, 6.45) is 1.70. The number of aliphatic hydroxyl groups excluding tert-OH is 1. The Labute approximate surface area is 122 Å². The molecule has 3 nitrogen and oxygen atoms in total. The predicted molar refractivity (Wildman–Crippen MR) is 77.8 cm³/mol. The lowest BCUT2D eigenvalue weighted by Gasteiger charge is -2.15. The summed E-state index contributed by atoms with van der Waals surface area (Å²) in [4.78, 5) is 0. The highest BCUT2D eigenvalue weighted by molar-refractivity contribution is 6.31. The van der Waals surface area contributed by atoms with Crippen molar-refractivity contribution in [1.82, 2.24) is 9.78 Å². The molecule has 1 aromatic carbocycles. The van der Waals surface area contributed by atoms with Crippen molar-refractivity contribution in [2.75, 3.05) is 0 Å². The van der Waals surface area contributed by atoms with Crippen molar-refractivity contribution in [2.45, 2.75) is 32.9 Å². The quantitative estimate of drug-likeness (QED) is 0.927. The summed E-state index contributed by atoms with van der Waals surface area (Å²) in [6.45, 7) is 4.69. The molecular formula is C14H16Cl2N2O. The number of aryl methyl sites for hydroxylation is 2. The van der Waals surface area contributed by atoms with E-state index >= 15 is 0 Å². The Balaban J connectivity index is 2.40. The van der Waals surface area contributed by atoms with E-state index in [2.05, 4.69) is 12.0 Å². The zero-order valence-corrected chi connectivity index (χ0v) is 12.4. The van der Waals surface area contributed by atoms with Crippen molar-refractivity contribution in [1.29, 1.82) is 0 Å². The number of benzene rings is 1. The first kappa shape index (κ1) is 14.4. The maximum Gasteiger partial charge on any atom is 0.122 e. The highest BCUT2D eigenvalue weighted by Gasteiger charge is 2.20. The van der Waals surface area contributed by atoms with Crippen LogP contribution in [0.25, 0.3) is 0 Å². The molecule has 1 aromatic heterocycles. The SMILES string of the molecule is CCCn1ncc(Cl)c1C(O)c1ccc(Cl)c(C)c1. The molecule has 0 amide bonds. The van der Waals surface area contributed by atoms with Gasteiger partial charge in [0.25, 0.3) is 0 Å². The van der Waals surface area contributed by atoms with Gasteiger partial charge in [-0.2, -0.15) is 5.10 Å². The van der Waals surface area contributed by atoms with E-state index in [9.17, 15) is 5.11 Å². The summed E-state index contributed by atoms with van der Waals surface area (Å²) < 4.78 is 1.75. The number of hydrogen-bond acceptors (Lipinski definition) is 2. The molecule has 1 heterocycles. The zero-order chi connectivity index (χ0) is 14.0. The average Bonchev–Trinajstić information content (AvgIpc) is 2.74. The molecule has 1 N–H and O–H groups in total. The van der Waals surface area contributed by atoms with Gasteiger partial charge in [-0.05, 0) is 30.5 Å². The molecule has 2 rings (SSSR count). The number of aromatic nitrogens is 2. The molecule has 0 saturated heterocycles. The summed E-state index contributed by atoms with van der Waals surface area (Å²) in [5, 5.41) is 15.9. The molecule has 0 spiro atoms. The first-order valence-corrected chi connectivity index (χ1v) is 6.95. The Morgan fingerprint density at radius 2 is 2.05 bits per heavy atom. The molecular weight excluding hydrogens is 283 g/mol. The third kappa shape index (κ3) is 2.94. The molecule has 102 valence electrons. The number of nitrogens with zero attached hydrogens (tertiary/aromatic N) is 2. The Hall–Kier alpha value is -1.03. The second-order valence-corrected chi connectivity index (χ2v) is 5.33. The van der Waals surface area contributed by atoms with Gasteiger partial charge in [-0.15, -0.1) is 0 Å². The third-order valence-electron chi connectivity index (χ3n) is 3.03. The molecule has 2 aromatic rings. The molecule has 1 atom stereocenters. The van der Waals surface area contributed by atoms with Gasteiger partial charge >= 0.3 is 0 Å². The van der Waals surface area contributed by atoms with Crippen molar-refractivity contribution in [3.8, 4) is 0 Å². The lowest BCUT2D eigenvalue weighted by molar-refractivity contribution is 0.207. The predicted octanol–water partition coefficient (Wildman–Crippen LogP) is 3.99. The van der Waals surface area contributed by atoms with Crippen LogP contribution in [0.3, 0.4) is 0 Å². The minimum absolute atomic E-state index is 0.480. The van der Waals surface area contributed by atoms with Crippen LogP contribution in [0.4, 0.5) is 0 Å². The van der Waals surface area contributed by atoms with Gasteiger partial charge in [-0.1, -0.05) is 42.3 Å². The van der Waals surface area contributed by atoms with Crippen LogP contribution >= 0.6 is 23.2 Å². The summed E-state index contributed by atoms with van der Waals surface area (Å²) in [5.41, 5.74) is 2.32. The highest BCUT2D eigenvalue weighted by atomic mass is 35.5. The third-order valence-corrected chi connectivity index (χ3v) is 3.74. The van der Waals surface area contributed by atoms with Gasteiger partial charge in [-0.3, -0.25) is 4.68 Å². The molecule has 5 heteroatoms. The number of hydrogen-bond donors (Lipinski definition) is 1. The van der Waals surface area contributed by atoms with E-state index in [-0.39, 0.29) is 0 Å². The molecule has 0 bridgehead atoms. The lowest BCUT2D eigenvalue weighted by Crippen LogP contribution is -2.10. The number of rotatable bonds is 4. The van der Waals surface area contributed by atoms with Gasteiger partial charge in [0, 0.05) is 11.6 Å². The maximum atomic E-state index is 10.5. The largest absolute Gasteiger partial charge is 0.382 e. The summed E-state index contributed by atoms with van der Waals surface area (Å²) >= 11 is 12.1. The van der Waals surface area contributed by atoms with Gasteiger partial charge in [0.2, 0.25) is 0 Å². The highest BCUT2D eigenvalue weighted by Crippen LogP contribution is 2.30. The van der Waals surface area contributed by atoms with Crippen molar-refractivity contribution in [3.63, 3.8) is 0 Å². The standard InChI is InChI=1S/C14H16Cl2N2O/c1-3-6-18-13(12(16)8-17-18)14(19)10-4-5-11(15)9(2)7-10/h4-5,7-8,14,19H,3,6H2,1-2H3. The number of halogens is 2. The normalized spacial score (nSPS) is 12.7. The van der Waals surface area contributed by atoms with E-state index in [4.69, 9.17) is 23.2 Å². The Morgan fingerprint density at radius 3 is 2.68 bits per heavy atom. The first-order valence-electron chi connectivity index (χ1n) is 6.20. The molecule has 0 fully saturated rings. The van der Waals surface area contributed by atoms with Crippen LogP contribution in [0.15, 0.2) is 24.4 Å². The molecule has 19 heavy (non-hydrogen) atoms. The van der Waals surface area contributed by atoms with Gasteiger partial charge in [0.05, 0.1) is 16.9 Å². The first-order chi connectivity index (χ1) is 9.04. The second kappa shape index (κ2) is 5.95. The van der Waals surface area contributed by atoms with E-state index < -0.39 is 6.10 Å². The van der Waals surface area contributed by atoms with Crippen LogP contribution in [0, 0.1) is 6.92 Å². The lowest BCUT2D eigenvalue weighted by atomic mass is 10.0. The fourth-order valence-electron chi connectivity index (χ4n) is 2.03. The molecule has 0 aliphatic carbocycles. The summed E-state index contributed by atoms with van der Waals surface area (Å²) in [6, 6.07) is 5.45. The van der Waals surface area contributed by atoms with Crippen LogP contribution in [0.1, 0.15) is 36.3 Å². The van der Waals surface area contributed by atoms with Crippen LogP contribution in [0.2, 0.25) is 10.0 Å². The van der Waals surface area contributed by atoms with Crippen LogP contribution in [-0.4, -0.2) is 14.9 Å². The fourth-order valence-corrected chi connectivity index (χ4v) is 2.39. The van der Waals surface area contributed by atoms with Crippen LogP contribution < -0.4 is 0 Å².